The molecule has 1 aromatic rings. The summed E-state index contributed by atoms with van der Waals surface area (Å²) in [5, 5.41) is 0.917. The highest BCUT2D eigenvalue weighted by Gasteiger charge is 2.11. The number of rotatable bonds is 1. The molecule has 0 saturated carbocycles. The van der Waals surface area contributed by atoms with Crippen LogP contribution in [0.4, 0.5) is 5.69 Å². The Morgan fingerprint density at radius 1 is 1.12 bits per heavy atom. The molecule has 1 heterocycles. The molecule has 0 amide bonds. The van der Waals surface area contributed by atoms with Gasteiger partial charge >= 0.3 is 0 Å². The number of hydrogen-bond acceptors (Lipinski definition) is 3. The van der Waals surface area contributed by atoms with Crippen LogP contribution in [0.1, 0.15) is 0 Å². The van der Waals surface area contributed by atoms with E-state index in [1.807, 2.05) is 12.1 Å². The van der Waals surface area contributed by atoms with E-state index < -0.39 is 0 Å². The number of para-hydroxylation sites is 1. The van der Waals surface area contributed by atoms with Crippen LogP contribution in [0.25, 0.3) is 0 Å². The molecule has 7 heteroatoms. The Labute approximate surface area is 108 Å². The molecular weight excluding hydrogens is 270 g/mol. The number of hydrogen-bond donors (Lipinski definition) is 2. The lowest BCUT2D eigenvalue weighted by Gasteiger charge is -2.21. The van der Waals surface area contributed by atoms with E-state index in [-0.39, 0.29) is 0 Å². The lowest BCUT2D eigenvalue weighted by atomic mass is 10.3. The van der Waals surface area contributed by atoms with Crippen LogP contribution in [0.2, 0.25) is 5.02 Å². The number of nitrogens with zero attached hydrogens (tertiary/aromatic N) is 2. The summed E-state index contributed by atoms with van der Waals surface area (Å²) >= 11 is 17.4. The number of halogens is 3. The normalized spacial score (nSPS) is 18.9. The van der Waals surface area contributed by atoms with Crippen LogP contribution in [0, 0.1) is 0 Å². The van der Waals surface area contributed by atoms with Crippen LogP contribution in [-0.2, 0) is 0 Å². The lowest BCUT2D eigenvalue weighted by Crippen LogP contribution is -2.46. The van der Waals surface area contributed by atoms with Gasteiger partial charge in [-0.15, -0.1) is 0 Å². The van der Waals surface area contributed by atoms with Crippen molar-refractivity contribution in [1.82, 2.24) is 15.5 Å². The van der Waals surface area contributed by atoms with Crippen molar-refractivity contribution < 1.29 is 0 Å². The molecule has 2 N–H and O–H groups in total. The van der Waals surface area contributed by atoms with Crippen LogP contribution in [0.3, 0.4) is 0 Å². The van der Waals surface area contributed by atoms with E-state index in [0.29, 0.717) is 21.7 Å². The molecule has 1 aliphatic rings. The molecule has 16 heavy (non-hydrogen) atoms. The minimum Gasteiger partial charge on any atom is -0.276 e. The minimum absolute atomic E-state index is 0.361. The third-order valence-corrected chi connectivity index (χ3v) is 2.46. The van der Waals surface area contributed by atoms with E-state index in [1.54, 1.807) is 18.2 Å². The first-order chi connectivity index (χ1) is 7.65. The summed E-state index contributed by atoms with van der Waals surface area (Å²) in [5.74, 6) is 0.492. The van der Waals surface area contributed by atoms with E-state index in [0.717, 1.165) is 4.64 Å². The van der Waals surface area contributed by atoms with Gasteiger partial charge in [0.1, 0.15) is 11.0 Å². The second kappa shape index (κ2) is 4.93. The Balaban J connectivity index is 2.31. The van der Waals surface area contributed by atoms with Gasteiger partial charge in [-0.25, -0.2) is 4.99 Å². The highest BCUT2D eigenvalue weighted by molar-refractivity contribution is 6.33. The van der Waals surface area contributed by atoms with Crippen LogP contribution in [-0.4, -0.2) is 10.5 Å². The van der Waals surface area contributed by atoms with E-state index >= 15 is 0 Å². The SMILES string of the molecule is ClC1=CC(=Nc2ccccc2Cl)NN(Cl)N1. The number of nitrogens with one attached hydrogen (secondary N) is 2. The Kier molecular flexibility index (Phi) is 3.56. The molecule has 84 valence electrons. The number of amidine groups is 1. The maximum absolute atomic E-state index is 5.97. The Bertz CT molecular complexity index is 458. The zero-order valence-corrected chi connectivity index (χ0v) is 10.2. The van der Waals surface area contributed by atoms with Crippen molar-refractivity contribution in [3.8, 4) is 0 Å². The maximum Gasteiger partial charge on any atom is 0.146 e. The van der Waals surface area contributed by atoms with Crippen LogP contribution < -0.4 is 10.9 Å². The molecule has 0 aromatic heterocycles. The van der Waals surface area contributed by atoms with Crippen molar-refractivity contribution in [2.75, 3.05) is 0 Å². The zero-order chi connectivity index (χ0) is 11.5. The molecule has 0 fully saturated rings. The first-order valence-electron chi connectivity index (χ1n) is 4.35. The monoisotopic (exact) mass is 276 g/mol. The van der Waals surface area contributed by atoms with Gasteiger partial charge in [0.2, 0.25) is 0 Å². The van der Waals surface area contributed by atoms with Gasteiger partial charge in [-0.05, 0) is 16.8 Å². The van der Waals surface area contributed by atoms with Gasteiger partial charge in [0, 0.05) is 17.9 Å². The van der Waals surface area contributed by atoms with Gasteiger partial charge in [0.15, 0.2) is 0 Å². The Hall–Kier alpha value is -0.940. The van der Waals surface area contributed by atoms with Gasteiger partial charge in [-0.3, -0.25) is 10.9 Å². The first kappa shape index (κ1) is 11.5. The maximum atomic E-state index is 5.97. The van der Waals surface area contributed by atoms with Gasteiger partial charge in [0.25, 0.3) is 0 Å². The van der Waals surface area contributed by atoms with Crippen molar-refractivity contribution in [2.24, 2.45) is 4.99 Å². The predicted molar refractivity (Wildman–Crippen MR) is 66.4 cm³/mol. The van der Waals surface area contributed by atoms with E-state index in [9.17, 15) is 0 Å². The Morgan fingerprint density at radius 3 is 2.56 bits per heavy atom. The van der Waals surface area contributed by atoms with Gasteiger partial charge in [-0.2, -0.15) is 0 Å². The summed E-state index contributed by atoms with van der Waals surface area (Å²) in [6.07, 6.45) is 1.60. The van der Waals surface area contributed by atoms with E-state index in [4.69, 9.17) is 35.0 Å². The van der Waals surface area contributed by atoms with Crippen LogP contribution in [0.5, 0.6) is 0 Å². The summed E-state index contributed by atoms with van der Waals surface area (Å²) in [7, 11) is 0. The summed E-state index contributed by atoms with van der Waals surface area (Å²) in [6.45, 7) is 0. The van der Waals surface area contributed by atoms with Crippen molar-refractivity contribution in [3.63, 3.8) is 0 Å². The third kappa shape index (κ3) is 2.80. The number of benzene rings is 1. The fraction of sp³-hybridized carbons (Fsp3) is 0. The fourth-order valence-electron chi connectivity index (χ4n) is 1.14. The summed E-state index contributed by atoms with van der Waals surface area (Å²) in [6, 6.07) is 7.22. The second-order valence-corrected chi connectivity index (χ2v) is 4.10. The van der Waals surface area contributed by atoms with Crippen LogP contribution >= 0.6 is 35.0 Å². The molecule has 0 spiro atoms. The Morgan fingerprint density at radius 2 is 1.88 bits per heavy atom. The van der Waals surface area contributed by atoms with Crippen molar-refractivity contribution >= 4 is 46.5 Å². The summed E-state index contributed by atoms with van der Waals surface area (Å²) < 4.78 is 1.08. The van der Waals surface area contributed by atoms with E-state index in [2.05, 4.69) is 15.8 Å². The molecular formula is C9H7Cl3N4. The molecule has 0 atom stereocenters. The molecule has 2 rings (SSSR count). The van der Waals surface area contributed by atoms with Crippen molar-refractivity contribution in [2.45, 2.75) is 0 Å². The second-order valence-electron chi connectivity index (χ2n) is 2.95. The molecule has 0 radical (unpaired) electrons. The van der Waals surface area contributed by atoms with Gasteiger partial charge < -0.3 is 0 Å². The largest absolute Gasteiger partial charge is 0.276 e. The highest BCUT2D eigenvalue weighted by Crippen LogP contribution is 2.24. The molecule has 1 aliphatic heterocycles. The van der Waals surface area contributed by atoms with Crippen LogP contribution in [0.15, 0.2) is 40.5 Å². The molecule has 0 unspecified atom stereocenters. The molecule has 0 bridgehead atoms. The highest BCUT2D eigenvalue weighted by atomic mass is 35.5. The van der Waals surface area contributed by atoms with E-state index in [1.165, 1.54) is 0 Å². The van der Waals surface area contributed by atoms with Crippen molar-refractivity contribution in [1.29, 1.82) is 0 Å². The third-order valence-electron chi connectivity index (χ3n) is 1.77. The van der Waals surface area contributed by atoms with Gasteiger partial charge in [-0.1, -0.05) is 35.3 Å². The average molecular weight is 278 g/mol. The minimum atomic E-state index is 0.361. The number of aliphatic imine (C=N–C) groups is 1. The number of hydrazine groups is 2. The average Bonchev–Trinajstić information content (AvgIpc) is 2.20. The molecule has 0 aliphatic carbocycles. The molecule has 4 nitrogen and oxygen atoms in total. The fourth-order valence-corrected chi connectivity index (χ4v) is 1.72. The topological polar surface area (TPSA) is 39.7 Å². The lowest BCUT2D eigenvalue weighted by molar-refractivity contribution is 0.338. The molecule has 0 saturated heterocycles. The molecule has 1 aromatic carbocycles. The zero-order valence-electron chi connectivity index (χ0n) is 7.92. The van der Waals surface area contributed by atoms with Gasteiger partial charge in [0.05, 0.1) is 10.7 Å². The smallest absolute Gasteiger partial charge is 0.146 e. The van der Waals surface area contributed by atoms with Crippen molar-refractivity contribution in [3.05, 3.63) is 40.5 Å². The standard InChI is InChI=1S/C9H7Cl3N4/c10-6-3-1-2-4-7(6)13-9-5-8(11)14-16(12)15-9/h1-5,14H,(H,13,15). The summed E-state index contributed by atoms with van der Waals surface area (Å²) in [4.78, 5) is 4.27. The quantitative estimate of drug-likeness (QED) is 0.612. The predicted octanol–water partition coefficient (Wildman–Crippen LogP) is 2.93. The summed E-state index contributed by atoms with van der Waals surface area (Å²) in [5.41, 5.74) is 5.99. The first-order valence-corrected chi connectivity index (χ1v) is 5.44.